The molecule has 3 heterocycles. The number of hydrogen-bond donors (Lipinski definition) is 1. The number of alkyl halides is 1. The lowest BCUT2D eigenvalue weighted by Gasteiger charge is -2.37. The van der Waals surface area contributed by atoms with Gasteiger partial charge in [-0.05, 0) is 56.9 Å². The van der Waals surface area contributed by atoms with Crippen molar-refractivity contribution in [3.63, 3.8) is 0 Å². The van der Waals surface area contributed by atoms with Gasteiger partial charge in [0.1, 0.15) is 17.4 Å². The number of nitrogens with zero attached hydrogens (tertiary/aromatic N) is 3. The van der Waals surface area contributed by atoms with Gasteiger partial charge in [-0.15, -0.1) is 13.2 Å². The largest absolute Gasteiger partial charge is 0.494 e. The standard InChI is InChI=1S/C35H50BrN3O6/c1-5-9-12-21-37(19-6-2)34(43)31-35-24-27(36)30(45-35)28(29(35)33(42)39(31)22-13-10-11-14-23-40)32(41)38(20-7-3)25-15-17-26(18-16-25)44-8-4/h6-7,15-18,27-31,40H,2-3,5,8-14,19-24H2,1,4H3/t27?,28-,29+,30-,31?,35?/m1/s1. The molecule has 3 fully saturated rings. The van der Waals surface area contributed by atoms with Crippen molar-refractivity contribution < 1.29 is 29.0 Å². The Bertz CT molecular complexity index is 1190. The van der Waals surface area contributed by atoms with E-state index in [0.29, 0.717) is 56.9 Å². The molecule has 0 aromatic heterocycles. The number of halogens is 1. The Morgan fingerprint density at radius 1 is 1.07 bits per heavy atom. The van der Waals surface area contributed by atoms with Crippen LogP contribution in [0.5, 0.6) is 5.75 Å². The van der Waals surface area contributed by atoms with Crippen LogP contribution in [-0.2, 0) is 19.1 Å². The summed E-state index contributed by atoms with van der Waals surface area (Å²) in [6.45, 7) is 14.1. The Hall–Kier alpha value is -2.69. The van der Waals surface area contributed by atoms with E-state index in [1.165, 1.54) is 0 Å². The third-order valence-corrected chi connectivity index (χ3v) is 10.2. The van der Waals surface area contributed by atoms with E-state index >= 15 is 0 Å². The Kier molecular flexibility index (Phi) is 12.7. The molecule has 10 heteroatoms. The Morgan fingerprint density at radius 2 is 1.78 bits per heavy atom. The van der Waals surface area contributed by atoms with Gasteiger partial charge in [-0.1, -0.05) is 60.7 Å². The van der Waals surface area contributed by atoms with Crippen molar-refractivity contribution in [3.05, 3.63) is 49.6 Å². The lowest BCUT2D eigenvalue weighted by Crippen LogP contribution is -2.57. The molecule has 248 valence electrons. The van der Waals surface area contributed by atoms with Gasteiger partial charge in [-0.25, -0.2) is 0 Å². The zero-order chi connectivity index (χ0) is 32.6. The fraction of sp³-hybridized carbons (Fsp3) is 0.629. The number of carbonyl (C=O) groups is 3. The van der Waals surface area contributed by atoms with E-state index in [4.69, 9.17) is 9.47 Å². The van der Waals surface area contributed by atoms with Crippen molar-refractivity contribution in [2.24, 2.45) is 11.8 Å². The summed E-state index contributed by atoms with van der Waals surface area (Å²) in [6.07, 6.45) is 9.28. The van der Waals surface area contributed by atoms with Crippen molar-refractivity contribution in [3.8, 4) is 5.75 Å². The van der Waals surface area contributed by atoms with Crippen LogP contribution in [0.15, 0.2) is 49.6 Å². The molecule has 0 saturated carbocycles. The minimum Gasteiger partial charge on any atom is -0.494 e. The van der Waals surface area contributed by atoms with Gasteiger partial charge >= 0.3 is 0 Å². The summed E-state index contributed by atoms with van der Waals surface area (Å²) in [6, 6.07) is 6.51. The molecule has 1 N–H and O–H groups in total. The van der Waals surface area contributed by atoms with Crippen molar-refractivity contribution in [2.75, 3.05) is 44.3 Å². The average molecular weight is 689 g/mol. The molecule has 9 nitrogen and oxygen atoms in total. The van der Waals surface area contributed by atoms with E-state index in [1.54, 1.807) is 26.9 Å². The number of ether oxygens (including phenoxy) is 2. The Labute approximate surface area is 276 Å². The van der Waals surface area contributed by atoms with Crippen molar-refractivity contribution in [2.45, 2.75) is 87.8 Å². The number of aliphatic hydroxyl groups is 1. The zero-order valence-electron chi connectivity index (χ0n) is 26.9. The molecule has 1 aromatic carbocycles. The molecule has 3 saturated heterocycles. The summed E-state index contributed by atoms with van der Waals surface area (Å²) < 4.78 is 12.4. The fourth-order valence-electron chi connectivity index (χ4n) is 7.37. The van der Waals surface area contributed by atoms with Crippen LogP contribution in [0.4, 0.5) is 5.69 Å². The van der Waals surface area contributed by atoms with Crippen molar-refractivity contribution >= 4 is 39.3 Å². The van der Waals surface area contributed by atoms with Gasteiger partial charge in [0, 0.05) is 43.3 Å². The summed E-state index contributed by atoms with van der Waals surface area (Å²) >= 11 is 3.80. The number of hydrogen-bond acceptors (Lipinski definition) is 6. The molecule has 3 aliphatic heterocycles. The van der Waals surface area contributed by atoms with Gasteiger partial charge in [-0.2, -0.15) is 0 Å². The molecule has 3 aliphatic rings. The van der Waals surface area contributed by atoms with Gasteiger partial charge in [0.05, 0.1) is 24.5 Å². The van der Waals surface area contributed by atoms with Gasteiger partial charge in [-0.3, -0.25) is 14.4 Å². The summed E-state index contributed by atoms with van der Waals surface area (Å²) in [5.74, 6) is -1.36. The fourth-order valence-corrected chi connectivity index (χ4v) is 8.32. The number of rotatable bonds is 19. The number of unbranched alkanes of at least 4 members (excludes halogenated alkanes) is 5. The van der Waals surface area contributed by atoms with E-state index in [-0.39, 0.29) is 35.7 Å². The second kappa shape index (κ2) is 16.2. The number of benzene rings is 1. The van der Waals surface area contributed by atoms with E-state index in [2.05, 4.69) is 36.0 Å². The molecule has 0 aliphatic carbocycles. The average Bonchev–Trinajstić information content (AvgIpc) is 3.62. The van der Waals surface area contributed by atoms with Crippen LogP contribution in [0.25, 0.3) is 0 Å². The first-order chi connectivity index (χ1) is 21.8. The number of amides is 3. The van der Waals surface area contributed by atoms with Crippen LogP contribution in [0.3, 0.4) is 0 Å². The lowest BCUT2D eigenvalue weighted by atomic mass is 9.70. The second-order valence-corrected chi connectivity index (χ2v) is 13.5. The summed E-state index contributed by atoms with van der Waals surface area (Å²) in [4.78, 5) is 48.5. The lowest BCUT2D eigenvalue weighted by molar-refractivity contribution is -0.147. The van der Waals surface area contributed by atoms with Crippen LogP contribution in [0.2, 0.25) is 0 Å². The van der Waals surface area contributed by atoms with Gasteiger partial charge in [0.2, 0.25) is 17.7 Å². The van der Waals surface area contributed by atoms with E-state index in [1.807, 2.05) is 31.2 Å². The molecular weight excluding hydrogens is 638 g/mol. The van der Waals surface area contributed by atoms with E-state index < -0.39 is 29.6 Å². The van der Waals surface area contributed by atoms with Crippen LogP contribution in [0, 0.1) is 11.8 Å². The molecule has 3 unspecified atom stereocenters. The highest BCUT2D eigenvalue weighted by molar-refractivity contribution is 9.09. The number of anilines is 1. The molecule has 4 rings (SSSR count). The van der Waals surface area contributed by atoms with Gasteiger partial charge in [0.25, 0.3) is 0 Å². The van der Waals surface area contributed by atoms with Crippen LogP contribution in [-0.4, -0.2) is 94.6 Å². The highest BCUT2D eigenvalue weighted by Gasteiger charge is 2.76. The number of likely N-dealkylation sites (tertiary alicyclic amines) is 1. The Morgan fingerprint density at radius 3 is 2.42 bits per heavy atom. The first kappa shape index (κ1) is 35.2. The molecule has 0 radical (unpaired) electrons. The maximum absolute atomic E-state index is 14.5. The third kappa shape index (κ3) is 7.18. The predicted octanol–water partition coefficient (Wildman–Crippen LogP) is 5.11. The maximum atomic E-state index is 14.5. The first-order valence-corrected chi connectivity index (χ1v) is 17.5. The molecule has 3 amide bonds. The predicted molar refractivity (Wildman–Crippen MR) is 179 cm³/mol. The normalized spacial score (nSPS) is 26.5. The summed E-state index contributed by atoms with van der Waals surface area (Å²) in [5.41, 5.74) is -0.431. The molecule has 6 atom stereocenters. The maximum Gasteiger partial charge on any atom is 0.248 e. The summed E-state index contributed by atoms with van der Waals surface area (Å²) in [7, 11) is 0. The SMILES string of the molecule is C=CCN(CCCCC)C(=O)C1N(CCCCCCO)C(=O)[C@@H]2[C@@H](C(=O)N(CC=C)c3ccc(OCC)cc3)[C@@H]3OC12CC3Br. The molecular formula is C35H50BrN3O6. The minimum atomic E-state index is -1.11. The number of fused-ring (bicyclic) bond motifs is 1. The molecule has 2 bridgehead atoms. The minimum absolute atomic E-state index is 0.129. The smallest absolute Gasteiger partial charge is 0.248 e. The highest BCUT2D eigenvalue weighted by atomic mass is 79.9. The summed E-state index contributed by atoms with van der Waals surface area (Å²) in [5, 5.41) is 9.23. The van der Waals surface area contributed by atoms with Crippen LogP contribution < -0.4 is 9.64 Å². The number of carbonyl (C=O) groups excluding carboxylic acids is 3. The highest BCUT2D eigenvalue weighted by Crippen LogP contribution is 2.60. The zero-order valence-corrected chi connectivity index (χ0v) is 28.5. The second-order valence-electron chi connectivity index (χ2n) is 12.3. The van der Waals surface area contributed by atoms with Gasteiger partial charge < -0.3 is 29.3 Å². The molecule has 1 aromatic rings. The van der Waals surface area contributed by atoms with Crippen molar-refractivity contribution in [1.29, 1.82) is 0 Å². The monoisotopic (exact) mass is 687 g/mol. The molecule has 1 spiro atoms. The Balaban J connectivity index is 1.70. The third-order valence-electron chi connectivity index (χ3n) is 9.35. The molecule has 45 heavy (non-hydrogen) atoms. The first-order valence-electron chi connectivity index (χ1n) is 16.6. The topological polar surface area (TPSA) is 99.6 Å². The quantitative estimate of drug-likeness (QED) is 0.123. The van der Waals surface area contributed by atoms with Crippen LogP contribution in [0.1, 0.15) is 65.2 Å². The van der Waals surface area contributed by atoms with Crippen LogP contribution >= 0.6 is 15.9 Å². The number of aliphatic hydroxyl groups excluding tert-OH is 1. The van der Waals surface area contributed by atoms with Gasteiger partial charge in [0.15, 0.2) is 0 Å². The van der Waals surface area contributed by atoms with Crippen molar-refractivity contribution in [1.82, 2.24) is 9.80 Å². The van der Waals surface area contributed by atoms with E-state index in [0.717, 1.165) is 32.1 Å². The van der Waals surface area contributed by atoms with E-state index in [9.17, 15) is 19.5 Å².